The van der Waals surface area contributed by atoms with Crippen LogP contribution in [0.2, 0.25) is 0 Å². The van der Waals surface area contributed by atoms with Crippen LogP contribution in [0.25, 0.3) is 0 Å². The highest BCUT2D eigenvalue weighted by atomic mass is 16.6. The minimum Gasteiger partial charge on any atom is -0.455 e. The van der Waals surface area contributed by atoms with Gasteiger partial charge in [0, 0.05) is 11.1 Å². The van der Waals surface area contributed by atoms with Crippen LogP contribution in [0.5, 0.6) is 0 Å². The van der Waals surface area contributed by atoms with Gasteiger partial charge in [-0.15, -0.1) is 0 Å². The summed E-state index contributed by atoms with van der Waals surface area (Å²) in [7, 11) is 0. The van der Waals surface area contributed by atoms with Crippen LogP contribution < -0.4 is 0 Å². The van der Waals surface area contributed by atoms with Crippen molar-refractivity contribution in [2.75, 3.05) is 0 Å². The first-order valence-electron chi connectivity index (χ1n) is 6.09. The summed E-state index contributed by atoms with van der Waals surface area (Å²) in [6.45, 7) is 10.3. The van der Waals surface area contributed by atoms with E-state index in [1.165, 1.54) is 0 Å². The fraction of sp³-hybridized carbons (Fsp3) is 0.571. The van der Waals surface area contributed by atoms with Gasteiger partial charge < -0.3 is 9.47 Å². The average molecular weight is 250 g/mol. The fourth-order valence-corrected chi connectivity index (χ4v) is 2.67. The van der Waals surface area contributed by atoms with Crippen molar-refractivity contribution in [2.45, 2.75) is 44.8 Å². The zero-order valence-electron chi connectivity index (χ0n) is 10.8. The van der Waals surface area contributed by atoms with Gasteiger partial charge in [0.05, 0.1) is 0 Å². The lowest BCUT2D eigenvalue weighted by Gasteiger charge is -2.39. The molecule has 3 rings (SSSR count). The number of esters is 2. The molecule has 3 fully saturated rings. The van der Waals surface area contributed by atoms with Crippen molar-refractivity contribution in [3.63, 3.8) is 0 Å². The van der Waals surface area contributed by atoms with Crippen LogP contribution in [-0.2, 0) is 19.1 Å². The van der Waals surface area contributed by atoms with Crippen molar-refractivity contribution in [1.82, 2.24) is 0 Å². The number of carbonyl (C=O) groups excluding carboxylic acids is 2. The van der Waals surface area contributed by atoms with E-state index in [4.69, 9.17) is 9.47 Å². The van der Waals surface area contributed by atoms with E-state index in [0.717, 1.165) is 19.3 Å². The highest BCUT2D eigenvalue weighted by molar-refractivity contribution is 5.88. The van der Waals surface area contributed by atoms with Gasteiger partial charge in [-0.25, -0.2) is 9.59 Å². The van der Waals surface area contributed by atoms with Crippen LogP contribution in [0, 0.1) is 5.92 Å². The molecule has 1 unspecified atom stereocenters. The zero-order chi connectivity index (χ0) is 13.5. The summed E-state index contributed by atoms with van der Waals surface area (Å²) < 4.78 is 10.8. The van der Waals surface area contributed by atoms with Crippen molar-refractivity contribution in [1.29, 1.82) is 0 Å². The Morgan fingerprint density at radius 1 is 1.11 bits per heavy atom. The van der Waals surface area contributed by atoms with Gasteiger partial charge in [0.1, 0.15) is 11.7 Å². The van der Waals surface area contributed by atoms with Crippen LogP contribution in [0.15, 0.2) is 24.3 Å². The fourth-order valence-electron chi connectivity index (χ4n) is 2.67. The normalized spacial score (nSPS) is 32.3. The van der Waals surface area contributed by atoms with Gasteiger partial charge in [-0.2, -0.15) is 0 Å². The first kappa shape index (κ1) is 12.9. The van der Waals surface area contributed by atoms with Gasteiger partial charge in [-0.3, -0.25) is 0 Å². The molecule has 0 amide bonds. The molecule has 0 aromatic rings. The molecule has 18 heavy (non-hydrogen) atoms. The maximum absolute atomic E-state index is 11.6. The molecule has 0 spiro atoms. The Hall–Kier alpha value is -1.58. The van der Waals surface area contributed by atoms with E-state index in [-0.39, 0.29) is 6.10 Å². The van der Waals surface area contributed by atoms with E-state index in [9.17, 15) is 9.59 Å². The second-order valence-electron chi connectivity index (χ2n) is 5.42. The van der Waals surface area contributed by atoms with Gasteiger partial charge in [-0.1, -0.05) is 13.2 Å². The molecule has 0 aliphatic heterocycles. The molecule has 0 radical (unpaired) electrons. The lowest BCUT2D eigenvalue weighted by Crippen LogP contribution is -2.48. The Balaban J connectivity index is 2.04. The average Bonchev–Trinajstić information content (AvgIpc) is 2.70. The maximum Gasteiger partial charge on any atom is 0.333 e. The topological polar surface area (TPSA) is 52.6 Å². The minimum absolute atomic E-state index is 0.338. The van der Waals surface area contributed by atoms with E-state index in [1.54, 1.807) is 13.8 Å². The van der Waals surface area contributed by atoms with E-state index in [2.05, 4.69) is 13.2 Å². The Bertz CT molecular complexity index is 426. The van der Waals surface area contributed by atoms with Crippen molar-refractivity contribution in [3.05, 3.63) is 24.3 Å². The Morgan fingerprint density at radius 3 is 2.17 bits per heavy atom. The largest absolute Gasteiger partial charge is 0.455 e. The summed E-state index contributed by atoms with van der Waals surface area (Å²) in [5.74, 6) is -0.337. The van der Waals surface area contributed by atoms with E-state index in [0.29, 0.717) is 17.1 Å². The number of hydrogen-bond donors (Lipinski definition) is 0. The second-order valence-corrected chi connectivity index (χ2v) is 5.42. The number of carbonyl (C=O) groups is 2. The summed E-state index contributed by atoms with van der Waals surface area (Å²) in [4.78, 5) is 23.2. The minimum atomic E-state index is -0.619. The van der Waals surface area contributed by atoms with Crippen LogP contribution >= 0.6 is 0 Å². The summed E-state index contributed by atoms with van der Waals surface area (Å²) >= 11 is 0. The summed E-state index contributed by atoms with van der Waals surface area (Å²) in [6, 6.07) is 0. The Kier molecular flexibility index (Phi) is 3.05. The molecule has 3 aliphatic carbocycles. The molecule has 2 bridgehead atoms. The highest BCUT2D eigenvalue weighted by Crippen LogP contribution is 2.55. The van der Waals surface area contributed by atoms with Crippen molar-refractivity contribution >= 4 is 11.9 Å². The molecule has 0 aromatic carbocycles. The Morgan fingerprint density at radius 2 is 1.67 bits per heavy atom. The molecular weight excluding hydrogens is 232 g/mol. The molecule has 4 nitrogen and oxygen atoms in total. The summed E-state index contributed by atoms with van der Waals surface area (Å²) in [6.07, 6.45) is 1.98. The SMILES string of the molecule is C=C(C)C(=O)OC1CC2CC1(OC(=O)C(=C)C)C2. The third kappa shape index (κ3) is 2.07. The van der Waals surface area contributed by atoms with Crippen molar-refractivity contribution in [2.24, 2.45) is 5.92 Å². The third-order valence-corrected chi connectivity index (χ3v) is 3.64. The number of hydrogen-bond acceptors (Lipinski definition) is 4. The van der Waals surface area contributed by atoms with Gasteiger partial charge in [0.25, 0.3) is 0 Å². The Labute approximate surface area is 107 Å². The second kappa shape index (κ2) is 4.26. The van der Waals surface area contributed by atoms with Crippen molar-refractivity contribution in [3.8, 4) is 0 Å². The highest BCUT2D eigenvalue weighted by Gasteiger charge is 2.62. The van der Waals surface area contributed by atoms with Crippen LogP contribution in [0.3, 0.4) is 0 Å². The molecule has 0 saturated heterocycles. The first-order valence-corrected chi connectivity index (χ1v) is 6.09. The molecule has 0 aromatic heterocycles. The standard InChI is InChI=1S/C14H18O4/c1-8(2)12(15)17-11-5-10-6-14(11,7-10)18-13(16)9(3)4/h10-11H,1,3,5-7H2,2,4H3. The predicted octanol–water partition coefficient (Wildman–Crippen LogP) is 2.15. The summed E-state index contributed by atoms with van der Waals surface area (Å²) in [5.41, 5.74) is 0.108. The summed E-state index contributed by atoms with van der Waals surface area (Å²) in [5, 5.41) is 0. The van der Waals surface area contributed by atoms with Gasteiger partial charge in [-0.05, 0) is 39.0 Å². The monoisotopic (exact) mass is 250 g/mol. The molecule has 3 saturated carbocycles. The first-order chi connectivity index (χ1) is 8.34. The molecule has 3 aliphatic rings. The zero-order valence-corrected chi connectivity index (χ0v) is 10.8. The molecule has 0 N–H and O–H groups in total. The molecule has 98 valence electrons. The number of fused-ring (bicyclic) bond motifs is 1. The van der Waals surface area contributed by atoms with Gasteiger partial charge in [0.2, 0.25) is 0 Å². The van der Waals surface area contributed by atoms with E-state index >= 15 is 0 Å². The smallest absolute Gasteiger partial charge is 0.333 e. The van der Waals surface area contributed by atoms with E-state index < -0.39 is 17.5 Å². The van der Waals surface area contributed by atoms with Crippen LogP contribution in [0.4, 0.5) is 0 Å². The van der Waals surface area contributed by atoms with Crippen LogP contribution in [-0.4, -0.2) is 23.6 Å². The number of rotatable bonds is 4. The third-order valence-electron chi connectivity index (χ3n) is 3.64. The van der Waals surface area contributed by atoms with Crippen molar-refractivity contribution < 1.29 is 19.1 Å². The predicted molar refractivity (Wildman–Crippen MR) is 65.7 cm³/mol. The maximum atomic E-state index is 11.6. The molecule has 1 atom stereocenters. The van der Waals surface area contributed by atoms with Gasteiger partial charge >= 0.3 is 11.9 Å². The molecule has 0 heterocycles. The van der Waals surface area contributed by atoms with E-state index in [1.807, 2.05) is 0 Å². The molecule has 4 heteroatoms. The quantitative estimate of drug-likeness (QED) is 0.566. The molecular formula is C14H18O4. The number of ether oxygens (including phenoxy) is 2. The lowest BCUT2D eigenvalue weighted by atomic mass is 9.79. The van der Waals surface area contributed by atoms with Crippen LogP contribution in [0.1, 0.15) is 33.1 Å². The van der Waals surface area contributed by atoms with Gasteiger partial charge in [0.15, 0.2) is 0 Å². The lowest BCUT2D eigenvalue weighted by molar-refractivity contribution is -0.183.